The Labute approximate surface area is 108 Å². The van der Waals surface area contributed by atoms with Crippen molar-refractivity contribution in [1.82, 2.24) is 4.98 Å². The van der Waals surface area contributed by atoms with Crippen molar-refractivity contribution >= 4 is 11.7 Å². The molecule has 1 unspecified atom stereocenters. The minimum Gasteiger partial charge on any atom is -0.629 e. The molecule has 0 aliphatic heterocycles. The molecule has 0 bridgehead atoms. The van der Waals surface area contributed by atoms with Crippen molar-refractivity contribution in [2.24, 2.45) is 0 Å². The van der Waals surface area contributed by atoms with Gasteiger partial charge in [0, 0.05) is 11.6 Å². The molecule has 6 heteroatoms. The largest absolute Gasteiger partial charge is 0.629 e. The van der Waals surface area contributed by atoms with E-state index in [1.54, 1.807) is 0 Å². The second-order valence-electron chi connectivity index (χ2n) is 3.96. The Morgan fingerprint density at radius 2 is 1.95 bits per heavy atom. The van der Waals surface area contributed by atoms with Gasteiger partial charge in [0.05, 0.1) is 6.20 Å². The molecule has 1 aromatic heterocycles. The standard InChI is InChI=1S/C13H11FN2O3/c14-10-3-1-9(2-4-10)8-16(19)11-5-6-12(13(17)18)15-7-11/h1-7,16H,8H2,(H,17,18). The summed E-state index contributed by atoms with van der Waals surface area (Å²) in [5.41, 5.74) is 0.904. The average Bonchev–Trinajstić information content (AvgIpc) is 2.41. The number of hydrogen-bond acceptors (Lipinski definition) is 3. The SMILES string of the molecule is O=C(O)c1ccc([NH+]([O-])Cc2ccc(F)cc2)cn1. The Hall–Kier alpha value is -2.31. The van der Waals surface area contributed by atoms with Crippen molar-refractivity contribution in [2.75, 3.05) is 0 Å². The lowest BCUT2D eigenvalue weighted by Gasteiger charge is -2.21. The van der Waals surface area contributed by atoms with Crippen molar-refractivity contribution in [2.45, 2.75) is 6.54 Å². The molecule has 0 saturated heterocycles. The smallest absolute Gasteiger partial charge is 0.354 e. The number of hydroxylamine groups is 1. The summed E-state index contributed by atoms with van der Waals surface area (Å²) < 4.78 is 12.7. The topological polar surface area (TPSA) is 77.7 Å². The molecule has 0 fully saturated rings. The summed E-state index contributed by atoms with van der Waals surface area (Å²) in [7, 11) is 0. The van der Waals surface area contributed by atoms with Crippen LogP contribution in [0.15, 0.2) is 42.6 Å². The first kappa shape index (κ1) is 13.1. The number of aromatic carboxylic acids is 1. The summed E-state index contributed by atoms with van der Waals surface area (Å²) in [6.07, 6.45) is 1.23. The Kier molecular flexibility index (Phi) is 3.84. The molecule has 2 rings (SSSR count). The molecule has 2 N–H and O–H groups in total. The van der Waals surface area contributed by atoms with Crippen molar-refractivity contribution < 1.29 is 19.4 Å². The lowest BCUT2D eigenvalue weighted by atomic mass is 10.2. The van der Waals surface area contributed by atoms with Crippen molar-refractivity contribution in [3.05, 3.63) is 64.9 Å². The van der Waals surface area contributed by atoms with Crippen LogP contribution in [0.3, 0.4) is 0 Å². The van der Waals surface area contributed by atoms with Crippen LogP contribution in [0.5, 0.6) is 0 Å². The number of pyridine rings is 1. The van der Waals surface area contributed by atoms with Crippen molar-refractivity contribution in [3.63, 3.8) is 0 Å². The van der Waals surface area contributed by atoms with Gasteiger partial charge in [0.2, 0.25) is 0 Å². The Morgan fingerprint density at radius 3 is 2.47 bits per heavy atom. The highest BCUT2D eigenvalue weighted by atomic mass is 19.1. The third-order valence-corrected chi connectivity index (χ3v) is 2.58. The summed E-state index contributed by atoms with van der Waals surface area (Å²) in [6.45, 7) is 0.119. The molecule has 19 heavy (non-hydrogen) atoms. The minimum absolute atomic E-state index is 0.113. The first-order valence-electron chi connectivity index (χ1n) is 5.53. The molecular formula is C13H11FN2O3. The highest BCUT2D eigenvalue weighted by Crippen LogP contribution is 2.04. The van der Waals surface area contributed by atoms with E-state index in [1.165, 1.54) is 42.6 Å². The summed E-state index contributed by atoms with van der Waals surface area (Å²) in [5.74, 6) is -1.50. The van der Waals surface area contributed by atoms with Gasteiger partial charge in [0.25, 0.3) is 0 Å². The number of nitrogens with one attached hydrogen (secondary N) is 1. The van der Waals surface area contributed by atoms with E-state index in [1.807, 2.05) is 0 Å². The van der Waals surface area contributed by atoms with Crippen LogP contribution >= 0.6 is 0 Å². The Balaban J connectivity index is 2.09. The molecule has 0 radical (unpaired) electrons. The zero-order valence-corrected chi connectivity index (χ0v) is 9.84. The maximum atomic E-state index is 12.7. The zero-order chi connectivity index (χ0) is 13.8. The Bertz CT molecular complexity index is 569. The molecule has 5 nitrogen and oxygen atoms in total. The number of nitrogens with zero attached hydrogens (tertiary/aromatic N) is 1. The number of rotatable bonds is 4. The molecule has 1 aromatic carbocycles. The lowest BCUT2D eigenvalue weighted by Crippen LogP contribution is -3.00. The maximum absolute atomic E-state index is 12.7. The van der Waals surface area contributed by atoms with Crippen LogP contribution in [0.4, 0.5) is 10.1 Å². The fraction of sp³-hybridized carbons (Fsp3) is 0.0769. The molecular weight excluding hydrogens is 251 g/mol. The van der Waals surface area contributed by atoms with Gasteiger partial charge in [-0.2, -0.15) is 0 Å². The predicted molar refractivity (Wildman–Crippen MR) is 65.3 cm³/mol. The fourth-order valence-electron chi connectivity index (χ4n) is 1.58. The molecule has 0 aliphatic rings. The van der Waals surface area contributed by atoms with Gasteiger partial charge in [-0.1, -0.05) is 12.1 Å². The molecule has 1 atom stereocenters. The second-order valence-corrected chi connectivity index (χ2v) is 3.96. The van der Waals surface area contributed by atoms with E-state index in [4.69, 9.17) is 5.11 Å². The number of carbonyl (C=O) groups is 1. The zero-order valence-electron chi connectivity index (χ0n) is 9.84. The first-order valence-corrected chi connectivity index (χ1v) is 5.53. The molecule has 1 heterocycles. The number of quaternary nitrogens is 1. The molecule has 0 aliphatic carbocycles. The monoisotopic (exact) mass is 262 g/mol. The molecule has 0 saturated carbocycles. The number of aromatic nitrogens is 1. The first-order chi connectivity index (χ1) is 9.06. The normalized spacial score (nSPS) is 12.1. The van der Waals surface area contributed by atoms with Crippen LogP contribution in [0.25, 0.3) is 0 Å². The van der Waals surface area contributed by atoms with Crippen molar-refractivity contribution in [1.29, 1.82) is 0 Å². The van der Waals surface area contributed by atoms with E-state index in [9.17, 15) is 14.4 Å². The van der Waals surface area contributed by atoms with Gasteiger partial charge in [-0.25, -0.2) is 14.2 Å². The van der Waals surface area contributed by atoms with Crippen LogP contribution in [0.2, 0.25) is 0 Å². The van der Waals surface area contributed by atoms with Crippen LogP contribution < -0.4 is 5.06 Å². The lowest BCUT2D eigenvalue weighted by molar-refractivity contribution is -0.792. The number of carboxylic acid groups (broad SMARTS) is 1. The van der Waals surface area contributed by atoms with E-state index in [-0.39, 0.29) is 23.1 Å². The van der Waals surface area contributed by atoms with Gasteiger partial charge in [-0.15, -0.1) is 0 Å². The van der Waals surface area contributed by atoms with Gasteiger partial charge in [-0.3, -0.25) is 0 Å². The summed E-state index contributed by atoms with van der Waals surface area (Å²) >= 11 is 0. The van der Waals surface area contributed by atoms with Crippen LogP contribution in [-0.4, -0.2) is 16.1 Å². The van der Waals surface area contributed by atoms with Gasteiger partial charge in [0.1, 0.15) is 23.7 Å². The second kappa shape index (κ2) is 5.55. The van der Waals surface area contributed by atoms with Crippen LogP contribution in [0.1, 0.15) is 16.1 Å². The number of halogens is 1. The summed E-state index contributed by atoms with van der Waals surface area (Å²) in [6, 6.07) is 8.34. The summed E-state index contributed by atoms with van der Waals surface area (Å²) in [4.78, 5) is 14.3. The van der Waals surface area contributed by atoms with E-state index in [0.717, 1.165) is 0 Å². The van der Waals surface area contributed by atoms with Gasteiger partial charge >= 0.3 is 5.97 Å². The minimum atomic E-state index is -1.14. The van der Waals surface area contributed by atoms with E-state index < -0.39 is 5.97 Å². The number of carboxylic acids is 1. The molecule has 98 valence electrons. The molecule has 0 amide bonds. The highest BCUT2D eigenvalue weighted by molar-refractivity contribution is 5.85. The number of hydrogen-bond donors (Lipinski definition) is 2. The molecule has 2 aromatic rings. The molecule has 0 spiro atoms. The van der Waals surface area contributed by atoms with E-state index in [0.29, 0.717) is 11.3 Å². The fourth-order valence-corrected chi connectivity index (χ4v) is 1.58. The quantitative estimate of drug-likeness (QED) is 0.810. The summed E-state index contributed by atoms with van der Waals surface area (Å²) in [5, 5.41) is 20.4. The van der Waals surface area contributed by atoms with Gasteiger partial charge in [0.15, 0.2) is 0 Å². The van der Waals surface area contributed by atoms with E-state index in [2.05, 4.69) is 4.98 Å². The van der Waals surface area contributed by atoms with Crippen LogP contribution in [-0.2, 0) is 6.54 Å². The van der Waals surface area contributed by atoms with Crippen LogP contribution in [0, 0.1) is 11.0 Å². The predicted octanol–water partition coefficient (Wildman–Crippen LogP) is 1.13. The van der Waals surface area contributed by atoms with Gasteiger partial charge < -0.3 is 15.4 Å². The third-order valence-electron chi connectivity index (χ3n) is 2.58. The number of benzene rings is 1. The third kappa shape index (κ3) is 3.34. The highest BCUT2D eigenvalue weighted by Gasteiger charge is 2.08. The average molecular weight is 262 g/mol. The maximum Gasteiger partial charge on any atom is 0.354 e. The van der Waals surface area contributed by atoms with Crippen molar-refractivity contribution in [3.8, 4) is 0 Å². The van der Waals surface area contributed by atoms with Gasteiger partial charge in [-0.05, 0) is 18.2 Å². The Morgan fingerprint density at radius 1 is 1.26 bits per heavy atom. The van der Waals surface area contributed by atoms with E-state index >= 15 is 0 Å².